The summed E-state index contributed by atoms with van der Waals surface area (Å²) in [7, 11) is 0. The maximum Gasteiger partial charge on any atom is 0.352 e. The van der Waals surface area contributed by atoms with Crippen LogP contribution in [0, 0.1) is 0 Å². The maximum atomic E-state index is 12.9. The van der Waals surface area contributed by atoms with E-state index in [1.807, 2.05) is 30.3 Å². The van der Waals surface area contributed by atoms with Crippen LogP contribution in [0.5, 0.6) is 17.2 Å². The number of para-hydroxylation sites is 1. The molecule has 0 saturated carbocycles. The molecular formula is C25H19BrO6. The van der Waals surface area contributed by atoms with Crippen LogP contribution in [0.2, 0.25) is 0 Å². The molecule has 7 heteroatoms. The van der Waals surface area contributed by atoms with Gasteiger partial charge in [0.25, 0.3) is 0 Å². The SMILES string of the molecule is CCOC(=O)C(Oc1ccc2c(=O)c(Oc3ccccc3Br)coc2c1)c1ccccc1. The summed E-state index contributed by atoms with van der Waals surface area (Å²) < 4.78 is 23.2. The Kier molecular flexibility index (Phi) is 6.56. The fourth-order valence-electron chi connectivity index (χ4n) is 3.11. The van der Waals surface area contributed by atoms with Crippen LogP contribution in [0.25, 0.3) is 11.0 Å². The molecule has 32 heavy (non-hydrogen) atoms. The summed E-state index contributed by atoms with van der Waals surface area (Å²) in [6.45, 7) is 1.97. The van der Waals surface area contributed by atoms with Gasteiger partial charge in [-0.1, -0.05) is 42.5 Å². The highest BCUT2D eigenvalue weighted by molar-refractivity contribution is 9.10. The van der Waals surface area contributed by atoms with Crippen LogP contribution in [0.3, 0.4) is 0 Å². The van der Waals surface area contributed by atoms with E-state index in [1.54, 1.807) is 49.4 Å². The Labute approximate surface area is 192 Å². The third-order valence-electron chi connectivity index (χ3n) is 4.63. The van der Waals surface area contributed by atoms with Gasteiger partial charge in [0.05, 0.1) is 16.5 Å². The van der Waals surface area contributed by atoms with Gasteiger partial charge in [-0.05, 0) is 47.1 Å². The number of rotatable bonds is 7. The van der Waals surface area contributed by atoms with Gasteiger partial charge in [0.2, 0.25) is 17.3 Å². The molecule has 6 nitrogen and oxygen atoms in total. The van der Waals surface area contributed by atoms with E-state index in [-0.39, 0.29) is 17.8 Å². The van der Waals surface area contributed by atoms with Crippen LogP contribution >= 0.6 is 15.9 Å². The number of halogens is 1. The summed E-state index contributed by atoms with van der Waals surface area (Å²) >= 11 is 3.39. The maximum absolute atomic E-state index is 12.9. The Balaban J connectivity index is 1.64. The topological polar surface area (TPSA) is 75.0 Å². The normalized spacial score (nSPS) is 11.7. The zero-order valence-electron chi connectivity index (χ0n) is 17.1. The van der Waals surface area contributed by atoms with E-state index >= 15 is 0 Å². The molecule has 162 valence electrons. The Hall–Kier alpha value is -3.58. The number of hydrogen-bond acceptors (Lipinski definition) is 6. The summed E-state index contributed by atoms with van der Waals surface area (Å²) in [5.74, 6) is 0.422. The molecule has 0 fully saturated rings. The predicted molar refractivity (Wildman–Crippen MR) is 123 cm³/mol. The third kappa shape index (κ3) is 4.68. The number of carbonyl (C=O) groups is 1. The average Bonchev–Trinajstić information content (AvgIpc) is 2.81. The average molecular weight is 495 g/mol. The van der Waals surface area contributed by atoms with Crippen molar-refractivity contribution in [3.8, 4) is 17.2 Å². The number of carbonyl (C=O) groups excluding carboxylic acids is 1. The number of benzene rings is 3. The van der Waals surface area contributed by atoms with E-state index in [9.17, 15) is 9.59 Å². The van der Waals surface area contributed by atoms with Crippen molar-refractivity contribution in [2.24, 2.45) is 0 Å². The molecule has 0 N–H and O–H groups in total. The van der Waals surface area contributed by atoms with Gasteiger partial charge in [-0.3, -0.25) is 4.79 Å². The molecule has 0 aliphatic heterocycles. The molecule has 0 amide bonds. The van der Waals surface area contributed by atoms with Crippen LogP contribution in [-0.4, -0.2) is 12.6 Å². The number of esters is 1. The van der Waals surface area contributed by atoms with Gasteiger partial charge in [-0.2, -0.15) is 0 Å². The van der Waals surface area contributed by atoms with Gasteiger partial charge < -0.3 is 18.6 Å². The van der Waals surface area contributed by atoms with Crippen molar-refractivity contribution in [1.29, 1.82) is 0 Å². The van der Waals surface area contributed by atoms with Crippen molar-refractivity contribution in [3.05, 3.63) is 99.3 Å². The third-order valence-corrected chi connectivity index (χ3v) is 5.28. The van der Waals surface area contributed by atoms with E-state index in [0.29, 0.717) is 32.5 Å². The molecule has 1 atom stereocenters. The van der Waals surface area contributed by atoms with Crippen molar-refractivity contribution in [1.82, 2.24) is 0 Å². The molecule has 0 bridgehead atoms. The van der Waals surface area contributed by atoms with Gasteiger partial charge in [-0.25, -0.2) is 4.79 Å². The van der Waals surface area contributed by atoms with Gasteiger partial charge in [-0.15, -0.1) is 0 Å². The molecular weight excluding hydrogens is 476 g/mol. The van der Waals surface area contributed by atoms with Crippen LogP contribution in [0.4, 0.5) is 0 Å². The minimum absolute atomic E-state index is 0.0618. The van der Waals surface area contributed by atoms with E-state index in [2.05, 4.69) is 15.9 Å². The van der Waals surface area contributed by atoms with Gasteiger partial charge in [0.15, 0.2) is 0 Å². The van der Waals surface area contributed by atoms with E-state index in [4.69, 9.17) is 18.6 Å². The standard InChI is InChI=1S/C25H19BrO6/c1-2-29-25(28)24(16-8-4-3-5-9-16)31-17-12-13-18-21(14-17)30-15-22(23(18)27)32-20-11-7-6-10-19(20)26/h3-15,24H,2H2,1H3. The van der Waals surface area contributed by atoms with Crippen LogP contribution in [-0.2, 0) is 9.53 Å². The van der Waals surface area contributed by atoms with Crippen LogP contribution in [0.1, 0.15) is 18.6 Å². The Morgan fingerprint density at radius 1 is 1.00 bits per heavy atom. The molecule has 0 aliphatic rings. The van der Waals surface area contributed by atoms with Crippen molar-refractivity contribution >= 4 is 32.9 Å². The molecule has 0 saturated heterocycles. The predicted octanol–water partition coefficient (Wildman–Crippen LogP) is 6.03. The van der Waals surface area contributed by atoms with E-state index in [1.165, 1.54) is 6.26 Å². The lowest BCUT2D eigenvalue weighted by Crippen LogP contribution is -2.21. The van der Waals surface area contributed by atoms with Gasteiger partial charge in [0.1, 0.15) is 23.3 Å². The lowest BCUT2D eigenvalue weighted by molar-refractivity contribution is -0.151. The Morgan fingerprint density at radius 2 is 1.75 bits per heavy atom. The molecule has 0 aliphatic carbocycles. The Bertz CT molecular complexity index is 1300. The first-order valence-electron chi connectivity index (χ1n) is 9.93. The molecule has 0 spiro atoms. The first-order chi connectivity index (χ1) is 15.6. The zero-order chi connectivity index (χ0) is 22.5. The zero-order valence-corrected chi connectivity index (χ0v) is 18.7. The fourth-order valence-corrected chi connectivity index (χ4v) is 3.48. The molecule has 1 unspecified atom stereocenters. The first-order valence-corrected chi connectivity index (χ1v) is 10.7. The fraction of sp³-hybridized carbons (Fsp3) is 0.120. The molecule has 1 heterocycles. The highest BCUT2D eigenvalue weighted by Gasteiger charge is 2.24. The van der Waals surface area contributed by atoms with Gasteiger partial charge >= 0.3 is 5.97 Å². The van der Waals surface area contributed by atoms with E-state index < -0.39 is 12.1 Å². The molecule has 4 aromatic rings. The molecule has 3 aromatic carbocycles. The van der Waals surface area contributed by atoms with Crippen LogP contribution < -0.4 is 14.9 Å². The second-order valence-electron chi connectivity index (χ2n) is 6.78. The Morgan fingerprint density at radius 3 is 2.50 bits per heavy atom. The quantitative estimate of drug-likeness (QED) is 0.292. The summed E-state index contributed by atoms with van der Waals surface area (Å²) in [5, 5.41) is 0.328. The highest BCUT2D eigenvalue weighted by atomic mass is 79.9. The lowest BCUT2D eigenvalue weighted by atomic mass is 10.1. The number of fused-ring (bicyclic) bond motifs is 1. The summed E-state index contributed by atoms with van der Waals surface area (Å²) in [5.41, 5.74) is 0.644. The number of hydrogen-bond donors (Lipinski definition) is 0. The summed E-state index contributed by atoms with van der Waals surface area (Å²) in [6.07, 6.45) is 0.312. The largest absolute Gasteiger partial charge is 0.474 e. The summed E-state index contributed by atoms with van der Waals surface area (Å²) in [4.78, 5) is 25.3. The van der Waals surface area contributed by atoms with Crippen molar-refractivity contribution in [2.45, 2.75) is 13.0 Å². The minimum Gasteiger partial charge on any atom is -0.474 e. The molecule has 1 aromatic heterocycles. The van der Waals surface area contributed by atoms with Crippen molar-refractivity contribution in [2.75, 3.05) is 6.61 Å². The summed E-state index contributed by atoms with van der Waals surface area (Å²) in [6, 6.07) is 21.0. The van der Waals surface area contributed by atoms with Crippen LogP contribution in [0.15, 0.2) is 92.7 Å². The number of ether oxygens (including phenoxy) is 3. The monoisotopic (exact) mass is 494 g/mol. The second kappa shape index (κ2) is 9.70. The second-order valence-corrected chi connectivity index (χ2v) is 7.63. The van der Waals surface area contributed by atoms with E-state index in [0.717, 1.165) is 0 Å². The van der Waals surface area contributed by atoms with Crippen molar-refractivity contribution in [3.63, 3.8) is 0 Å². The first kappa shape index (κ1) is 21.6. The lowest BCUT2D eigenvalue weighted by Gasteiger charge is -2.18. The smallest absolute Gasteiger partial charge is 0.352 e. The minimum atomic E-state index is -0.946. The van der Waals surface area contributed by atoms with Gasteiger partial charge in [0, 0.05) is 11.6 Å². The molecule has 4 rings (SSSR count). The van der Waals surface area contributed by atoms with Crippen molar-refractivity contribution < 1.29 is 23.4 Å². The highest BCUT2D eigenvalue weighted by Crippen LogP contribution is 2.30. The molecule has 0 radical (unpaired) electrons.